The zero-order valence-corrected chi connectivity index (χ0v) is 15.5. The first kappa shape index (κ1) is 21.0. The molecule has 0 aliphatic heterocycles. The molecule has 3 N–H and O–H groups in total. The molecule has 1 amide bonds. The Bertz CT molecular complexity index is 888. The van der Waals surface area contributed by atoms with Crippen molar-refractivity contribution in [2.24, 2.45) is 5.73 Å². The number of amides is 1. The molecular weight excluding hydrogens is 370 g/mol. The van der Waals surface area contributed by atoms with Crippen molar-refractivity contribution in [3.63, 3.8) is 0 Å². The number of esters is 1. The summed E-state index contributed by atoms with van der Waals surface area (Å²) >= 11 is 0. The summed E-state index contributed by atoms with van der Waals surface area (Å²) in [5.41, 5.74) is 4.95. The number of ether oxygens (including phenoxy) is 3. The largest absolute Gasteiger partial charge is 0.502 e. The quantitative estimate of drug-likeness (QED) is 0.605. The summed E-state index contributed by atoms with van der Waals surface area (Å²) < 4.78 is 20.5. The molecule has 0 aliphatic carbocycles. The van der Waals surface area contributed by atoms with Crippen LogP contribution in [-0.4, -0.2) is 37.8 Å². The monoisotopic (exact) mass is 391 g/mol. The highest BCUT2D eigenvalue weighted by molar-refractivity contribution is 5.75. The highest BCUT2D eigenvalue weighted by atomic mass is 16.5. The van der Waals surface area contributed by atoms with Gasteiger partial charge in [-0.1, -0.05) is 12.1 Å². The van der Waals surface area contributed by atoms with Gasteiger partial charge in [0.25, 0.3) is 5.91 Å². The van der Waals surface area contributed by atoms with Crippen LogP contribution >= 0.6 is 0 Å². The Hall–Kier alpha value is -3.33. The van der Waals surface area contributed by atoms with Gasteiger partial charge in [-0.3, -0.25) is 14.4 Å². The fraction of sp³-hybridized carbons (Fsp3) is 0.316. The molecular formula is C19H21NO8. The van der Waals surface area contributed by atoms with Gasteiger partial charge in [0.2, 0.25) is 11.2 Å². The lowest BCUT2D eigenvalue weighted by molar-refractivity contribution is -0.141. The molecule has 9 nitrogen and oxygen atoms in total. The fourth-order valence-corrected chi connectivity index (χ4v) is 2.57. The van der Waals surface area contributed by atoms with Crippen LogP contribution in [0.25, 0.3) is 0 Å². The van der Waals surface area contributed by atoms with E-state index in [1.807, 2.05) is 0 Å². The molecule has 0 bridgehead atoms. The second-order valence-corrected chi connectivity index (χ2v) is 5.88. The molecule has 2 aromatic rings. The molecule has 9 heteroatoms. The summed E-state index contributed by atoms with van der Waals surface area (Å²) in [5, 5.41) is 10.2. The third-order valence-corrected chi connectivity index (χ3v) is 3.87. The lowest BCUT2D eigenvalue weighted by Crippen LogP contribution is -2.20. The summed E-state index contributed by atoms with van der Waals surface area (Å²) in [6.45, 7) is -0.257. The standard InChI is InChI=1S/C19H21NO8/c1-25-9-13-7-15(21)18(24)19(28-13)14(8-17(23)26-2)11-3-5-12(6-4-11)27-10-16(20)22/h3-7,14,24H,8-10H2,1-2H3,(H2,20,22)/t14-/m0/s1. The zero-order chi connectivity index (χ0) is 20.7. The van der Waals surface area contributed by atoms with Gasteiger partial charge in [0.05, 0.1) is 19.4 Å². The van der Waals surface area contributed by atoms with Crippen LogP contribution in [0, 0.1) is 0 Å². The lowest BCUT2D eigenvalue weighted by atomic mass is 9.92. The third-order valence-electron chi connectivity index (χ3n) is 3.87. The van der Waals surface area contributed by atoms with E-state index < -0.39 is 29.0 Å². The molecule has 1 aromatic heterocycles. The molecule has 0 spiro atoms. The minimum absolute atomic E-state index is 0.0212. The Kier molecular flexibility index (Phi) is 7.16. The Morgan fingerprint density at radius 3 is 2.46 bits per heavy atom. The van der Waals surface area contributed by atoms with Gasteiger partial charge in [-0.2, -0.15) is 0 Å². The first-order chi connectivity index (χ1) is 13.3. The van der Waals surface area contributed by atoms with E-state index in [1.165, 1.54) is 14.2 Å². The van der Waals surface area contributed by atoms with Crippen molar-refractivity contribution in [2.75, 3.05) is 20.8 Å². The minimum Gasteiger partial charge on any atom is -0.502 e. The van der Waals surface area contributed by atoms with E-state index in [2.05, 4.69) is 0 Å². The van der Waals surface area contributed by atoms with Gasteiger partial charge in [-0.05, 0) is 17.7 Å². The molecule has 1 heterocycles. The molecule has 0 saturated heterocycles. The van der Waals surface area contributed by atoms with Gasteiger partial charge in [-0.15, -0.1) is 0 Å². The van der Waals surface area contributed by atoms with Crippen LogP contribution in [0.5, 0.6) is 11.5 Å². The SMILES string of the molecule is COCc1cc(=O)c(O)c([C@@H](CC(=O)OC)c2ccc(OCC(N)=O)cc2)o1. The van der Waals surface area contributed by atoms with Crippen LogP contribution < -0.4 is 15.9 Å². The number of methoxy groups -OCH3 is 2. The van der Waals surface area contributed by atoms with Crippen LogP contribution in [0.1, 0.15) is 29.4 Å². The molecule has 1 aromatic carbocycles. The number of primary amides is 1. The molecule has 150 valence electrons. The van der Waals surface area contributed by atoms with E-state index >= 15 is 0 Å². The van der Waals surface area contributed by atoms with E-state index in [4.69, 9.17) is 24.4 Å². The highest BCUT2D eigenvalue weighted by Crippen LogP contribution is 2.34. The van der Waals surface area contributed by atoms with E-state index in [0.29, 0.717) is 11.3 Å². The Morgan fingerprint density at radius 2 is 1.89 bits per heavy atom. The average molecular weight is 391 g/mol. The van der Waals surface area contributed by atoms with Gasteiger partial charge >= 0.3 is 5.97 Å². The summed E-state index contributed by atoms with van der Waals surface area (Å²) in [7, 11) is 2.67. The number of carbonyl (C=O) groups excluding carboxylic acids is 2. The number of hydrogen-bond donors (Lipinski definition) is 2. The second kappa shape index (κ2) is 9.56. The van der Waals surface area contributed by atoms with Crippen molar-refractivity contribution in [3.8, 4) is 11.5 Å². The van der Waals surface area contributed by atoms with Gasteiger partial charge in [0, 0.05) is 13.2 Å². The first-order valence-electron chi connectivity index (χ1n) is 8.28. The van der Waals surface area contributed by atoms with Gasteiger partial charge in [0.1, 0.15) is 18.1 Å². The van der Waals surface area contributed by atoms with Crippen LogP contribution in [0.4, 0.5) is 0 Å². The van der Waals surface area contributed by atoms with Crippen molar-refractivity contribution >= 4 is 11.9 Å². The molecule has 2 rings (SSSR count). The topological polar surface area (TPSA) is 138 Å². The number of benzene rings is 1. The summed E-state index contributed by atoms with van der Waals surface area (Å²) in [5.74, 6) is -2.04. The Labute approximate surface area is 160 Å². The maximum Gasteiger partial charge on any atom is 0.306 e. The molecule has 28 heavy (non-hydrogen) atoms. The summed E-state index contributed by atoms with van der Waals surface area (Å²) in [6, 6.07) is 7.49. The smallest absolute Gasteiger partial charge is 0.306 e. The predicted octanol–water partition coefficient (Wildman–Crippen LogP) is 1.05. The van der Waals surface area contributed by atoms with Crippen molar-refractivity contribution in [1.82, 2.24) is 0 Å². The van der Waals surface area contributed by atoms with E-state index in [-0.39, 0.29) is 31.2 Å². The molecule has 0 aliphatic rings. The van der Waals surface area contributed by atoms with E-state index in [0.717, 1.165) is 6.07 Å². The maximum absolute atomic E-state index is 12.1. The number of nitrogens with two attached hydrogens (primary N) is 1. The fourth-order valence-electron chi connectivity index (χ4n) is 2.57. The minimum atomic E-state index is -0.790. The summed E-state index contributed by atoms with van der Waals surface area (Å²) in [6.07, 6.45) is -0.176. The van der Waals surface area contributed by atoms with E-state index in [9.17, 15) is 19.5 Å². The zero-order valence-electron chi connectivity index (χ0n) is 15.5. The van der Waals surface area contributed by atoms with Crippen molar-refractivity contribution in [1.29, 1.82) is 0 Å². The van der Waals surface area contributed by atoms with E-state index in [1.54, 1.807) is 24.3 Å². The number of hydrogen-bond acceptors (Lipinski definition) is 8. The molecule has 0 radical (unpaired) electrons. The average Bonchev–Trinajstić information content (AvgIpc) is 2.68. The van der Waals surface area contributed by atoms with Crippen LogP contribution in [0.2, 0.25) is 0 Å². The third kappa shape index (κ3) is 5.34. The predicted molar refractivity (Wildman–Crippen MR) is 97.0 cm³/mol. The first-order valence-corrected chi connectivity index (χ1v) is 8.28. The molecule has 0 unspecified atom stereocenters. The Morgan fingerprint density at radius 1 is 1.21 bits per heavy atom. The lowest BCUT2D eigenvalue weighted by Gasteiger charge is -2.18. The number of rotatable bonds is 9. The molecule has 0 saturated carbocycles. The highest BCUT2D eigenvalue weighted by Gasteiger charge is 2.26. The molecule has 0 fully saturated rings. The number of aromatic hydroxyl groups is 1. The van der Waals surface area contributed by atoms with Crippen LogP contribution in [0.15, 0.2) is 39.5 Å². The van der Waals surface area contributed by atoms with Crippen molar-refractivity contribution in [2.45, 2.75) is 18.9 Å². The Balaban J connectivity index is 2.44. The van der Waals surface area contributed by atoms with Crippen LogP contribution in [-0.2, 0) is 25.7 Å². The van der Waals surface area contributed by atoms with Gasteiger partial charge < -0.3 is 29.5 Å². The van der Waals surface area contributed by atoms with Crippen molar-refractivity contribution in [3.05, 3.63) is 57.6 Å². The van der Waals surface area contributed by atoms with Gasteiger partial charge in [0.15, 0.2) is 12.4 Å². The summed E-state index contributed by atoms with van der Waals surface area (Å²) in [4.78, 5) is 34.8. The second-order valence-electron chi connectivity index (χ2n) is 5.88. The van der Waals surface area contributed by atoms with Crippen molar-refractivity contribution < 1.29 is 33.3 Å². The van der Waals surface area contributed by atoms with Crippen LogP contribution in [0.3, 0.4) is 0 Å². The maximum atomic E-state index is 12.1. The van der Waals surface area contributed by atoms with Gasteiger partial charge in [-0.25, -0.2) is 0 Å². The molecule has 1 atom stereocenters. The normalized spacial score (nSPS) is 11.6. The number of carbonyl (C=O) groups is 2.